The molecule has 16 heavy (non-hydrogen) atoms. The van der Waals surface area contributed by atoms with E-state index in [4.69, 9.17) is 15.4 Å². The molecule has 0 amide bonds. The normalized spacial score (nSPS) is 27.9. The number of aliphatic hydroxyl groups excluding tert-OH is 1. The molecular formula is C11H19N3O2. The average molecular weight is 225 g/mol. The lowest BCUT2D eigenvalue weighted by molar-refractivity contribution is 0.236. The Morgan fingerprint density at radius 1 is 1.56 bits per heavy atom. The Bertz CT molecular complexity index is 340. The van der Waals surface area contributed by atoms with Gasteiger partial charge in [0.15, 0.2) is 5.82 Å². The average Bonchev–Trinajstić information content (AvgIpc) is 2.77. The minimum absolute atomic E-state index is 0.164. The van der Waals surface area contributed by atoms with Crippen LogP contribution in [0.2, 0.25) is 0 Å². The molecule has 3 N–H and O–H groups in total. The number of aromatic nitrogens is 2. The first-order valence-corrected chi connectivity index (χ1v) is 5.90. The van der Waals surface area contributed by atoms with Crippen LogP contribution in [-0.4, -0.2) is 21.9 Å². The van der Waals surface area contributed by atoms with Crippen LogP contribution in [0, 0.1) is 5.92 Å². The van der Waals surface area contributed by atoms with Gasteiger partial charge in [-0.25, -0.2) is 0 Å². The third kappa shape index (κ3) is 2.41. The van der Waals surface area contributed by atoms with Crippen molar-refractivity contribution in [3.63, 3.8) is 0 Å². The minimum atomic E-state index is -0.553. The molecule has 0 bridgehead atoms. The monoisotopic (exact) mass is 225 g/mol. The van der Waals surface area contributed by atoms with Crippen LogP contribution in [0.1, 0.15) is 56.3 Å². The molecule has 1 heterocycles. The molecule has 1 aliphatic carbocycles. The lowest BCUT2D eigenvalue weighted by atomic mass is 9.82. The third-order valence-corrected chi connectivity index (χ3v) is 3.27. The van der Waals surface area contributed by atoms with Crippen molar-refractivity contribution in [3.8, 4) is 0 Å². The fourth-order valence-corrected chi connectivity index (χ4v) is 2.31. The van der Waals surface area contributed by atoms with Crippen LogP contribution in [0.15, 0.2) is 4.52 Å². The Labute approximate surface area is 95.0 Å². The highest BCUT2D eigenvalue weighted by molar-refractivity contribution is 4.99. The van der Waals surface area contributed by atoms with Crippen LogP contribution in [0.5, 0.6) is 0 Å². The zero-order valence-electron chi connectivity index (χ0n) is 9.59. The SMILES string of the molecule is CC1CCCC(c2noc([C@@H](N)CO)n2)C1. The van der Waals surface area contributed by atoms with Gasteiger partial charge in [-0.05, 0) is 18.8 Å². The Morgan fingerprint density at radius 3 is 3.06 bits per heavy atom. The fourth-order valence-electron chi connectivity index (χ4n) is 2.31. The third-order valence-electron chi connectivity index (χ3n) is 3.27. The minimum Gasteiger partial charge on any atom is -0.394 e. The van der Waals surface area contributed by atoms with E-state index in [9.17, 15) is 0 Å². The lowest BCUT2D eigenvalue weighted by Crippen LogP contribution is -2.16. The van der Waals surface area contributed by atoms with Crippen molar-refractivity contribution in [3.05, 3.63) is 11.7 Å². The van der Waals surface area contributed by atoms with Crippen molar-refractivity contribution in [2.75, 3.05) is 6.61 Å². The van der Waals surface area contributed by atoms with Crippen molar-refractivity contribution in [2.45, 2.75) is 44.6 Å². The quantitative estimate of drug-likeness (QED) is 0.811. The molecule has 5 nitrogen and oxygen atoms in total. The summed E-state index contributed by atoms with van der Waals surface area (Å²) in [5.41, 5.74) is 5.62. The Balaban J connectivity index is 2.06. The molecule has 1 aliphatic rings. The van der Waals surface area contributed by atoms with Gasteiger partial charge < -0.3 is 15.4 Å². The summed E-state index contributed by atoms with van der Waals surface area (Å²) in [6.07, 6.45) is 4.75. The molecule has 2 unspecified atom stereocenters. The van der Waals surface area contributed by atoms with Gasteiger partial charge in [0.25, 0.3) is 0 Å². The predicted octanol–water partition coefficient (Wildman–Crippen LogP) is 1.36. The van der Waals surface area contributed by atoms with Crippen LogP contribution < -0.4 is 5.73 Å². The zero-order valence-corrected chi connectivity index (χ0v) is 9.59. The van der Waals surface area contributed by atoms with Gasteiger partial charge in [0.05, 0.1) is 6.61 Å². The van der Waals surface area contributed by atoms with Crippen molar-refractivity contribution >= 4 is 0 Å². The summed E-state index contributed by atoms with van der Waals surface area (Å²) in [5.74, 6) is 2.22. The predicted molar refractivity (Wildman–Crippen MR) is 58.7 cm³/mol. The highest BCUT2D eigenvalue weighted by Gasteiger charge is 2.25. The molecule has 0 aromatic carbocycles. The maximum Gasteiger partial charge on any atom is 0.245 e. The summed E-state index contributed by atoms with van der Waals surface area (Å²) in [5, 5.41) is 12.9. The number of nitrogens with zero attached hydrogens (tertiary/aromatic N) is 2. The van der Waals surface area contributed by atoms with Gasteiger partial charge in [-0.1, -0.05) is 24.9 Å². The first kappa shape index (κ1) is 11.5. The van der Waals surface area contributed by atoms with E-state index in [0.717, 1.165) is 24.6 Å². The molecule has 1 aromatic rings. The lowest BCUT2D eigenvalue weighted by Gasteiger charge is -2.23. The fraction of sp³-hybridized carbons (Fsp3) is 0.818. The van der Waals surface area contributed by atoms with Gasteiger partial charge in [0.1, 0.15) is 6.04 Å². The molecule has 90 valence electrons. The zero-order chi connectivity index (χ0) is 11.5. The number of hydrogen-bond donors (Lipinski definition) is 2. The summed E-state index contributed by atoms with van der Waals surface area (Å²) in [7, 11) is 0. The standard InChI is InChI=1S/C11H19N3O2/c1-7-3-2-4-8(5-7)10-13-11(16-14-10)9(12)6-15/h7-9,15H,2-6,12H2,1H3/t7?,8?,9-/m0/s1. The summed E-state index contributed by atoms with van der Waals surface area (Å²) in [6, 6.07) is -0.553. The van der Waals surface area contributed by atoms with Crippen LogP contribution >= 0.6 is 0 Å². The molecule has 2 rings (SSSR count). The summed E-state index contributed by atoms with van der Waals surface area (Å²) >= 11 is 0. The molecule has 0 spiro atoms. The smallest absolute Gasteiger partial charge is 0.245 e. The van der Waals surface area contributed by atoms with E-state index in [2.05, 4.69) is 17.1 Å². The first-order chi connectivity index (χ1) is 7.70. The van der Waals surface area contributed by atoms with Gasteiger partial charge in [-0.2, -0.15) is 4.98 Å². The topological polar surface area (TPSA) is 85.2 Å². The Kier molecular flexibility index (Phi) is 3.56. The van der Waals surface area contributed by atoms with Crippen molar-refractivity contribution in [1.82, 2.24) is 10.1 Å². The van der Waals surface area contributed by atoms with E-state index >= 15 is 0 Å². The van der Waals surface area contributed by atoms with Gasteiger partial charge in [-0.3, -0.25) is 0 Å². The van der Waals surface area contributed by atoms with Crippen molar-refractivity contribution < 1.29 is 9.63 Å². The highest BCUT2D eigenvalue weighted by atomic mass is 16.5. The second-order valence-corrected chi connectivity index (χ2v) is 4.75. The second-order valence-electron chi connectivity index (χ2n) is 4.75. The molecule has 1 fully saturated rings. The van der Waals surface area contributed by atoms with Gasteiger partial charge >= 0.3 is 0 Å². The number of aliphatic hydroxyl groups is 1. The van der Waals surface area contributed by atoms with Gasteiger partial charge in [0.2, 0.25) is 5.89 Å². The molecule has 3 atom stereocenters. The largest absolute Gasteiger partial charge is 0.394 e. The van der Waals surface area contributed by atoms with E-state index in [-0.39, 0.29) is 6.61 Å². The summed E-state index contributed by atoms with van der Waals surface area (Å²) in [6.45, 7) is 2.09. The van der Waals surface area contributed by atoms with E-state index < -0.39 is 6.04 Å². The maximum absolute atomic E-state index is 8.90. The molecule has 0 aliphatic heterocycles. The van der Waals surface area contributed by atoms with Gasteiger partial charge in [0, 0.05) is 5.92 Å². The van der Waals surface area contributed by atoms with Crippen molar-refractivity contribution in [1.29, 1.82) is 0 Å². The highest BCUT2D eigenvalue weighted by Crippen LogP contribution is 2.34. The van der Waals surface area contributed by atoms with Crippen LogP contribution in [0.25, 0.3) is 0 Å². The Morgan fingerprint density at radius 2 is 2.38 bits per heavy atom. The molecule has 0 radical (unpaired) electrons. The van der Waals surface area contributed by atoms with Crippen molar-refractivity contribution in [2.24, 2.45) is 11.7 Å². The molecule has 5 heteroatoms. The van der Waals surface area contributed by atoms with Crippen LogP contribution in [0.3, 0.4) is 0 Å². The summed E-state index contributed by atoms with van der Waals surface area (Å²) < 4.78 is 5.06. The van der Waals surface area contributed by atoms with Gasteiger partial charge in [-0.15, -0.1) is 0 Å². The van der Waals surface area contributed by atoms with Crippen LogP contribution in [-0.2, 0) is 0 Å². The number of rotatable bonds is 3. The number of nitrogens with two attached hydrogens (primary N) is 1. The molecular weight excluding hydrogens is 206 g/mol. The molecule has 1 aromatic heterocycles. The first-order valence-electron chi connectivity index (χ1n) is 5.90. The second kappa shape index (κ2) is 4.93. The van der Waals surface area contributed by atoms with E-state index in [1.165, 1.54) is 12.8 Å². The Hall–Kier alpha value is -0.940. The molecule has 0 saturated heterocycles. The number of hydrogen-bond acceptors (Lipinski definition) is 5. The van der Waals surface area contributed by atoms with Crippen LogP contribution in [0.4, 0.5) is 0 Å². The van der Waals surface area contributed by atoms with E-state index in [1.54, 1.807) is 0 Å². The van der Waals surface area contributed by atoms with E-state index in [0.29, 0.717) is 11.8 Å². The maximum atomic E-state index is 8.90. The molecule has 1 saturated carbocycles. The summed E-state index contributed by atoms with van der Waals surface area (Å²) in [4.78, 5) is 4.28. The van der Waals surface area contributed by atoms with E-state index in [1.807, 2.05) is 0 Å².